The monoisotopic (exact) mass is 321 g/mol. The van der Waals surface area contributed by atoms with Crippen molar-refractivity contribution in [2.75, 3.05) is 5.32 Å². The van der Waals surface area contributed by atoms with E-state index in [1.54, 1.807) is 0 Å². The van der Waals surface area contributed by atoms with E-state index in [0.717, 1.165) is 17.2 Å². The van der Waals surface area contributed by atoms with Gasteiger partial charge in [-0.25, -0.2) is 4.98 Å². The van der Waals surface area contributed by atoms with Gasteiger partial charge in [0.25, 0.3) is 0 Å². The van der Waals surface area contributed by atoms with Gasteiger partial charge in [-0.2, -0.15) is 0 Å². The van der Waals surface area contributed by atoms with Crippen LogP contribution in [-0.2, 0) is 0 Å². The summed E-state index contributed by atoms with van der Waals surface area (Å²) in [7, 11) is 0. The number of rotatable bonds is 3. The molecule has 1 aromatic carbocycles. The number of benzene rings is 1. The van der Waals surface area contributed by atoms with Gasteiger partial charge in [0.05, 0.1) is 5.69 Å². The van der Waals surface area contributed by atoms with E-state index in [4.69, 9.17) is 4.98 Å². The summed E-state index contributed by atoms with van der Waals surface area (Å²) < 4.78 is 2.24. The van der Waals surface area contributed by atoms with Crippen LogP contribution in [0.4, 0.5) is 5.82 Å². The van der Waals surface area contributed by atoms with Crippen molar-refractivity contribution in [1.82, 2.24) is 9.38 Å². The van der Waals surface area contributed by atoms with Crippen LogP contribution in [0.15, 0.2) is 42.5 Å². The van der Waals surface area contributed by atoms with Crippen LogP contribution in [-0.4, -0.2) is 14.9 Å². The quantitative estimate of drug-likeness (QED) is 0.708. The summed E-state index contributed by atoms with van der Waals surface area (Å²) in [4.78, 5) is 5.00. The second-order valence-corrected chi connectivity index (χ2v) is 7.72. The Labute approximate surface area is 144 Å². The highest BCUT2D eigenvalue weighted by Gasteiger charge is 2.23. The number of fused-ring (bicyclic) bond motifs is 1. The van der Waals surface area contributed by atoms with E-state index in [0.29, 0.717) is 0 Å². The molecule has 3 aromatic rings. The molecule has 0 saturated carbocycles. The highest BCUT2D eigenvalue weighted by atomic mass is 15.2. The predicted octanol–water partition coefficient (Wildman–Crippen LogP) is 5.31. The van der Waals surface area contributed by atoms with Gasteiger partial charge in [0.1, 0.15) is 11.5 Å². The Balaban J connectivity index is 2.22. The van der Waals surface area contributed by atoms with Gasteiger partial charge in [-0.1, -0.05) is 37.3 Å². The van der Waals surface area contributed by atoms with E-state index < -0.39 is 0 Å². The number of aromatic nitrogens is 2. The summed E-state index contributed by atoms with van der Waals surface area (Å²) >= 11 is 0. The predicted molar refractivity (Wildman–Crippen MR) is 102 cm³/mol. The molecule has 0 spiro atoms. The van der Waals surface area contributed by atoms with Gasteiger partial charge in [0.15, 0.2) is 0 Å². The molecular formula is C21H27N3. The number of pyridine rings is 1. The summed E-state index contributed by atoms with van der Waals surface area (Å²) in [6.07, 6.45) is 0. The molecular weight excluding hydrogens is 294 g/mol. The molecule has 2 heterocycles. The minimum Gasteiger partial charge on any atom is -0.365 e. The van der Waals surface area contributed by atoms with Crippen LogP contribution in [0.5, 0.6) is 0 Å². The Kier molecular flexibility index (Phi) is 4.12. The van der Waals surface area contributed by atoms with E-state index in [1.807, 2.05) is 0 Å². The van der Waals surface area contributed by atoms with E-state index in [9.17, 15) is 0 Å². The second-order valence-electron chi connectivity index (χ2n) is 7.72. The van der Waals surface area contributed by atoms with E-state index in [2.05, 4.69) is 93.7 Å². The number of nitrogens with zero attached hydrogens (tertiary/aromatic N) is 2. The van der Waals surface area contributed by atoms with Crippen LogP contribution in [0.3, 0.4) is 0 Å². The normalized spacial score (nSPS) is 13.2. The van der Waals surface area contributed by atoms with E-state index in [1.165, 1.54) is 16.8 Å². The summed E-state index contributed by atoms with van der Waals surface area (Å²) in [5, 5.41) is 3.68. The Bertz CT molecular complexity index is 854. The molecule has 3 nitrogen and oxygen atoms in total. The fraction of sp³-hybridized carbons (Fsp3) is 0.381. The molecule has 0 fully saturated rings. The van der Waals surface area contributed by atoms with Crippen LogP contribution in [0.1, 0.15) is 56.1 Å². The molecule has 0 aliphatic rings. The van der Waals surface area contributed by atoms with Crippen molar-refractivity contribution < 1.29 is 0 Å². The molecule has 0 amide bonds. The first-order valence-corrected chi connectivity index (χ1v) is 8.59. The number of imidazole rings is 1. The molecule has 3 rings (SSSR count). The molecule has 2 aromatic heterocycles. The summed E-state index contributed by atoms with van der Waals surface area (Å²) in [6.45, 7) is 13.1. The largest absolute Gasteiger partial charge is 0.365 e. The molecule has 0 aliphatic carbocycles. The number of aryl methyl sites for hydroxylation is 2. The van der Waals surface area contributed by atoms with Crippen molar-refractivity contribution in [1.29, 1.82) is 0 Å². The maximum atomic E-state index is 5.00. The standard InChI is InChI=1S/C21H27N3/c1-14-12-15(2)24-18(13-14)22-19(20(24)23-21(4,5)6)16(3)17-10-8-7-9-11-17/h7-13,16,23H,1-6H3. The number of hydrogen-bond donors (Lipinski definition) is 1. The molecule has 1 N–H and O–H groups in total. The van der Waals surface area contributed by atoms with Crippen LogP contribution >= 0.6 is 0 Å². The molecule has 3 heteroatoms. The highest BCUT2D eigenvalue weighted by molar-refractivity contribution is 5.60. The maximum absolute atomic E-state index is 5.00. The number of nitrogens with one attached hydrogen (secondary N) is 1. The van der Waals surface area contributed by atoms with Crippen LogP contribution in [0.25, 0.3) is 5.65 Å². The third kappa shape index (κ3) is 3.16. The molecule has 24 heavy (non-hydrogen) atoms. The van der Waals surface area contributed by atoms with Crippen LogP contribution in [0, 0.1) is 13.8 Å². The third-order valence-corrected chi connectivity index (χ3v) is 4.28. The van der Waals surface area contributed by atoms with Crippen molar-refractivity contribution in [2.45, 2.75) is 53.0 Å². The van der Waals surface area contributed by atoms with Gasteiger partial charge in [-0.3, -0.25) is 4.40 Å². The fourth-order valence-electron chi connectivity index (χ4n) is 3.23. The van der Waals surface area contributed by atoms with Crippen molar-refractivity contribution in [2.24, 2.45) is 0 Å². The van der Waals surface area contributed by atoms with Gasteiger partial charge < -0.3 is 5.32 Å². The van der Waals surface area contributed by atoms with Crippen molar-refractivity contribution >= 4 is 11.5 Å². The van der Waals surface area contributed by atoms with Crippen LogP contribution < -0.4 is 5.32 Å². The lowest BCUT2D eigenvalue weighted by atomic mass is 9.97. The van der Waals surface area contributed by atoms with Gasteiger partial charge >= 0.3 is 0 Å². The van der Waals surface area contributed by atoms with Gasteiger partial charge in [-0.05, 0) is 57.9 Å². The molecule has 1 unspecified atom stereocenters. The van der Waals surface area contributed by atoms with Crippen molar-refractivity contribution in [3.8, 4) is 0 Å². The van der Waals surface area contributed by atoms with Crippen LogP contribution in [0.2, 0.25) is 0 Å². The fourth-order valence-corrected chi connectivity index (χ4v) is 3.23. The maximum Gasteiger partial charge on any atom is 0.139 e. The molecule has 126 valence electrons. The van der Waals surface area contributed by atoms with E-state index >= 15 is 0 Å². The zero-order chi connectivity index (χ0) is 17.5. The molecule has 0 radical (unpaired) electrons. The topological polar surface area (TPSA) is 29.3 Å². The Morgan fingerprint density at radius 3 is 2.33 bits per heavy atom. The Morgan fingerprint density at radius 1 is 1.04 bits per heavy atom. The van der Waals surface area contributed by atoms with Crippen molar-refractivity contribution in [3.63, 3.8) is 0 Å². The van der Waals surface area contributed by atoms with E-state index in [-0.39, 0.29) is 11.5 Å². The van der Waals surface area contributed by atoms with Gasteiger partial charge in [0, 0.05) is 17.2 Å². The van der Waals surface area contributed by atoms with Crippen molar-refractivity contribution in [3.05, 3.63) is 65.0 Å². The lowest BCUT2D eigenvalue weighted by Crippen LogP contribution is -2.28. The molecule has 0 bridgehead atoms. The third-order valence-electron chi connectivity index (χ3n) is 4.28. The first-order valence-electron chi connectivity index (χ1n) is 8.59. The average molecular weight is 321 g/mol. The number of anilines is 1. The molecule has 0 saturated heterocycles. The lowest BCUT2D eigenvalue weighted by molar-refractivity contribution is 0.626. The highest BCUT2D eigenvalue weighted by Crippen LogP contribution is 2.33. The SMILES string of the molecule is Cc1cc(C)n2c(NC(C)(C)C)c(C(C)c3ccccc3)nc2c1. The summed E-state index contributed by atoms with van der Waals surface area (Å²) in [5.41, 5.74) is 5.81. The Morgan fingerprint density at radius 2 is 1.71 bits per heavy atom. The molecule has 1 atom stereocenters. The zero-order valence-corrected chi connectivity index (χ0v) is 15.5. The second kappa shape index (κ2) is 5.97. The first-order chi connectivity index (χ1) is 11.3. The smallest absolute Gasteiger partial charge is 0.139 e. The zero-order valence-electron chi connectivity index (χ0n) is 15.5. The Hall–Kier alpha value is -2.29. The van der Waals surface area contributed by atoms with Gasteiger partial charge in [-0.15, -0.1) is 0 Å². The summed E-state index contributed by atoms with van der Waals surface area (Å²) in [6, 6.07) is 15.0. The summed E-state index contributed by atoms with van der Waals surface area (Å²) in [5.74, 6) is 1.34. The minimum absolute atomic E-state index is 0.0293. The minimum atomic E-state index is -0.0293. The lowest BCUT2D eigenvalue weighted by Gasteiger charge is -2.24. The average Bonchev–Trinajstić information content (AvgIpc) is 2.84. The van der Waals surface area contributed by atoms with Gasteiger partial charge in [0.2, 0.25) is 0 Å². The first kappa shape index (κ1) is 16.6. The molecule has 0 aliphatic heterocycles. The number of hydrogen-bond acceptors (Lipinski definition) is 2.